The van der Waals surface area contributed by atoms with Gasteiger partial charge in [0, 0.05) is 6.20 Å². The van der Waals surface area contributed by atoms with Gasteiger partial charge in [0.05, 0.1) is 0 Å². The average Bonchev–Trinajstić information content (AvgIpc) is 2.02. The van der Waals surface area contributed by atoms with Gasteiger partial charge in [-0.15, -0.1) is 0 Å². The predicted octanol–water partition coefficient (Wildman–Crippen LogP) is 0.617. The highest BCUT2D eigenvalue weighted by atomic mass is 19.1. The highest BCUT2D eigenvalue weighted by Gasteiger charge is 2.21. The van der Waals surface area contributed by atoms with Crippen molar-refractivity contribution < 1.29 is 24.2 Å². The summed E-state index contributed by atoms with van der Waals surface area (Å²) in [6, 6.07) is 0.788. The molecule has 13 heavy (non-hydrogen) atoms. The summed E-state index contributed by atoms with van der Waals surface area (Å²) < 4.78 is 12.8. The van der Waals surface area contributed by atoms with Crippen LogP contribution in [0.4, 0.5) is 4.39 Å². The summed E-state index contributed by atoms with van der Waals surface area (Å²) in [4.78, 5) is 24.0. The number of aromatic carboxylic acids is 2. The summed E-state index contributed by atoms with van der Waals surface area (Å²) >= 11 is 0. The first-order valence-corrected chi connectivity index (χ1v) is 3.15. The van der Waals surface area contributed by atoms with Crippen molar-refractivity contribution in [3.8, 4) is 0 Å². The van der Waals surface area contributed by atoms with Gasteiger partial charge in [0.1, 0.15) is 11.4 Å². The number of nitrogens with zero attached hydrogens (tertiary/aromatic N) is 1. The normalized spacial score (nSPS) is 9.62. The van der Waals surface area contributed by atoms with E-state index in [1.54, 1.807) is 0 Å². The first-order chi connectivity index (χ1) is 6.04. The van der Waals surface area contributed by atoms with E-state index in [1.165, 1.54) is 0 Å². The maximum absolute atomic E-state index is 12.8. The Labute approximate surface area is 71.5 Å². The molecule has 0 aromatic carbocycles. The highest BCUT2D eigenvalue weighted by molar-refractivity contribution is 6.00. The molecule has 1 aromatic rings. The second kappa shape index (κ2) is 3.18. The largest absolute Gasteiger partial charge is 0.478 e. The minimum absolute atomic E-state index is 0.788. The van der Waals surface area contributed by atoms with Crippen molar-refractivity contribution in [1.29, 1.82) is 0 Å². The molecule has 0 aliphatic carbocycles. The van der Waals surface area contributed by atoms with E-state index in [4.69, 9.17) is 10.2 Å². The molecule has 0 saturated heterocycles. The molecule has 1 rings (SSSR count). The van der Waals surface area contributed by atoms with Crippen LogP contribution in [-0.2, 0) is 0 Å². The number of carbonyl (C=O) groups is 2. The number of rotatable bonds is 2. The van der Waals surface area contributed by atoms with Gasteiger partial charge in [-0.1, -0.05) is 0 Å². The molecule has 0 radical (unpaired) electrons. The molecule has 0 unspecified atom stereocenters. The zero-order chi connectivity index (χ0) is 10.0. The maximum Gasteiger partial charge on any atom is 0.355 e. The number of carboxylic acid groups (broad SMARTS) is 2. The van der Waals surface area contributed by atoms with E-state index in [2.05, 4.69) is 4.98 Å². The fourth-order valence-electron chi connectivity index (χ4n) is 0.804. The molecule has 0 fully saturated rings. The lowest BCUT2D eigenvalue weighted by Gasteiger charge is -1.99. The number of carboxylic acids is 2. The van der Waals surface area contributed by atoms with Gasteiger partial charge in [0.2, 0.25) is 0 Å². The van der Waals surface area contributed by atoms with Gasteiger partial charge in [-0.2, -0.15) is 0 Å². The summed E-state index contributed by atoms with van der Waals surface area (Å²) in [5, 5.41) is 16.9. The van der Waals surface area contributed by atoms with Crippen LogP contribution in [0.25, 0.3) is 0 Å². The van der Waals surface area contributed by atoms with Crippen LogP contribution >= 0.6 is 0 Å². The van der Waals surface area contributed by atoms with Crippen LogP contribution in [0, 0.1) is 5.82 Å². The number of hydrogen-bond acceptors (Lipinski definition) is 3. The Morgan fingerprint density at radius 3 is 2.31 bits per heavy atom. The third-order valence-corrected chi connectivity index (χ3v) is 1.32. The molecule has 0 atom stereocenters. The molecule has 6 heteroatoms. The quantitative estimate of drug-likeness (QED) is 0.704. The average molecular weight is 185 g/mol. The Morgan fingerprint density at radius 1 is 1.31 bits per heavy atom. The third-order valence-electron chi connectivity index (χ3n) is 1.32. The zero-order valence-electron chi connectivity index (χ0n) is 6.19. The number of halogens is 1. The second-order valence-corrected chi connectivity index (χ2v) is 2.13. The number of pyridine rings is 1. The Morgan fingerprint density at radius 2 is 1.92 bits per heavy atom. The molecule has 0 aliphatic rings. The van der Waals surface area contributed by atoms with Crippen molar-refractivity contribution in [2.75, 3.05) is 0 Å². The van der Waals surface area contributed by atoms with E-state index < -0.39 is 29.0 Å². The molecular weight excluding hydrogens is 181 g/mol. The minimum atomic E-state index is -1.65. The molecule has 1 heterocycles. The summed E-state index contributed by atoms with van der Waals surface area (Å²) in [5.41, 5.74) is -1.72. The Kier molecular flexibility index (Phi) is 2.23. The lowest BCUT2D eigenvalue weighted by molar-refractivity contribution is 0.0641. The first kappa shape index (κ1) is 9.11. The van der Waals surface area contributed by atoms with Crippen molar-refractivity contribution in [3.05, 3.63) is 29.3 Å². The van der Waals surface area contributed by atoms with Crippen molar-refractivity contribution >= 4 is 11.9 Å². The van der Waals surface area contributed by atoms with Crippen LogP contribution in [0.2, 0.25) is 0 Å². The summed E-state index contributed by atoms with van der Waals surface area (Å²) in [5.74, 6) is -4.33. The fraction of sp³-hybridized carbons (Fsp3) is 0. The molecule has 5 nitrogen and oxygen atoms in total. The van der Waals surface area contributed by atoms with Gasteiger partial charge in [0.25, 0.3) is 0 Å². The predicted molar refractivity (Wildman–Crippen MR) is 38.1 cm³/mol. The fourth-order valence-corrected chi connectivity index (χ4v) is 0.804. The van der Waals surface area contributed by atoms with E-state index >= 15 is 0 Å². The van der Waals surface area contributed by atoms with Gasteiger partial charge < -0.3 is 10.2 Å². The molecule has 1 aromatic heterocycles. The Bertz CT molecular complexity index is 377. The second-order valence-electron chi connectivity index (χ2n) is 2.13. The van der Waals surface area contributed by atoms with Crippen molar-refractivity contribution in [3.63, 3.8) is 0 Å². The van der Waals surface area contributed by atoms with Crippen LogP contribution in [0.1, 0.15) is 20.8 Å². The van der Waals surface area contributed by atoms with E-state index in [-0.39, 0.29) is 0 Å². The van der Waals surface area contributed by atoms with E-state index in [0.29, 0.717) is 0 Å². The minimum Gasteiger partial charge on any atom is -0.478 e. The van der Waals surface area contributed by atoms with E-state index in [9.17, 15) is 14.0 Å². The van der Waals surface area contributed by atoms with Crippen LogP contribution in [-0.4, -0.2) is 27.1 Å². The van der Waals surface area contributed by atoms with Gasteiger partial charge in [-0.3, -0.25) is 0 Å². The summed E-state index contributed by atoms with van der Waals surface area (Å²) in [7, 11) is 0. The standard InChI is InChI=1S/C7H4FNO4/c8-3-1-2-9-5(7(12)13)4(3)6(10)11/h1-2H,(H,10,11)(H,12,13). The summed E-state index contributed by atoms with van der Waals surface area (Å²) in [6.07, 6.45) is 0.894. The molecule has 2 N–H and O–H groups in total. The van der Waals surface area contributed by atoms with Gasteiger partial charge in [-0.25, -0.2) is 19.0 Å². The summed E-state index contributed by atoms with van der Waals surface area (Å²) in [6.45, 7) is 0. The number of aromatic nitrogens is 1. The molecule has 0 bridgehead atoms. The Balaban J connectivity index is 3.43. The molecule has 68 valence electrons. The lowest BCUT2D eigenvalue weighted by atomic mass is 10.2. The first-order valence-electron chi connectivity index (χ1n) is 3.15. The van der Waals surface area contributed by atoms with E-state index in [0.717, 1.165) is 12.3 Å². The molecule has 0 aliphatic heterocycles. The highest BCUT2D eigenvalue weighted by Crippen LogP contribution is 2.10. The smallest absolute Gasteiger partial charge is 0.355 e. The monoisotopic (exact) mass is 185 g/mol. The van der Waals surface area contributed by atoms with Crippen molar-refractivity contribution in [1.82, 2.24) is 4.98 Å². The third kappa shape index (κ3) is 1.61. The van der Waals surface area contributed by atoms with Gasteiger partial charge in [-0.05, 0) is 6.07 Å². The lowest BCUT2D eigenvalue weighted by Crippen LogP contribution is -2.12. The van der Waals surface area contributed by atoms with Gasteiger partial charge in [0.15, 0.2) is 5.69 Å². The SMILES string of the molecule is O=C(O)c1nccc(F)c1C(=O)O. The van der Waals surface area contributed by atoms with Crippen LogP contribution in [0.3, 0.4) is 0 Å². The topological polar surface area (TPSA) is 87.5 Å². The number of hydrogen-bond donors (Lipinski definition) is 2. The van der Waals surface area contributed by atoms with E-state index in [1.807, 2.05) is 0 Å². The van der Waals surface area contributed by atoms with Crippen LogP contribution in [0.15, 0.2) is 12.3 Å². The van der Waals surface area contributed by atoms with Gasteiger partial charge >= 0.3 is 11.9 Å². The molecule has 0 amide bonds. The molecule has 0 saturated carbocycles. The molecular formula is C7H4FNO4. The maximum atomic E-state index is 12.8. The van der Waals surface area contributed by atoms with Crippen LogP contribution in [0.5, 0.6) is 0 Å². The molecule has 0 spiro atoms. The Hall–Kier alpha value is -1.98. The van der Waals surface area contributed by atoms with Crippen molar-refractivity contribution in [2.45, 2.75) is 0 Å². The zero-order valence-corrected chi connectivity index (χ0v) is 6.19. The van der Waals surface area contributed by atoms with Crippen molar-refractivity contribution in [2.24, 2.45) is 0 Å². The van der Waals surface area contributed by atoms with Crippen LogP contribution < -0.4 is 0 Å².